The molecule has 124 valence electrons. The summed E-state index contributed by atoms with van der Waals surface area (Å²) in [6, 6.07) is 6.42. The molecule has 0 aliphatic carbocycles. The highest BCUT2D eigenvalue weighted by Crippen LogP contribution is 2.29. The van der Waals surface area contributed by atoms with E-state index in [9.17, 15) is 9.59 Å². The van der Waals surface area contributed by atoms with Crippen molar-refractivity contribution in [2.24, 2.45) is 5.92 Å². The zero-order chi connectivity index (χ0) is 17.2. The highest BCUT2D eigenvalue weighted by molar-refractivity contribution is 6.12. The van der Waals surface area contributed by atoms with Crippen LogP contribution in [0.1, 0.15) is 37.6 Å². The van der Waals surface area contributed by atoms with Crippen LogP contribution in [0.5, 0.6) is 11.5 Å². The Labute approximate surface area is 136 Å². The Morgan fingerprint density at radius 3 is 2.39 bits per heavy atom. The second-order valence-corrected chi connectivity index (χ2v) is 4.74. The Balaban J connectivity index is 3.03. The van der Waals surface area contributed by atoms with E-state index < -0.39 is 17.6 Å². The van der Waals surface area contributed by atoms with E-state index in [0.717, 1.165) is 6.42 Å². The topological polar surface area (TPSA) is 88.4 Å². The summed E-state index contributed by atoms with van der Waals surface area (Å²) in [5.74, 6) is -1.55. The number of nitriles is 1. The van der Waals surface area contributed by atoms with Crippen molar-refractivity contribution in [2.45, 2.75) is 27.2 Å². The third kappa shape index (κ3) is 4.99. The SMILES string of the molecule is CCCNC(=O)C(C#N)C(=O)c1ccc(OCC)c(OCC)c1. The summed E-state index contributed by atoms with van der Waals surface area (Å²) in [6.45, 7) is 6.87. The Kier molecular flexibility index (Phi) is 7.61. The van der Waals surface area contributed by atoms with Crippen LogP contribution in [0, 0.1) is 17.2 Å². The van der Waals surface area contributed by atoms with Crippen molar-refractivity contribution in [1.82, 2.24) is 5.32 Å². The van der Waals surface area contributed by atoms with Gasteiger partial charge in [0.15, 0.2) is 23.2 Å². The number of hydrogen-bond donors (Lipinski definition) is 1. The van der Waals surface area contributed by atoms with Gasteiger partial charge in [-0.15, -0.1) is 0 Å². The van der Waals surface area contributed by atoms with Gasteiger partial charge in [0.2, 0.25) is 5.91 Å². The monoisotopic (exact) mass is 318 g/mol. The minimum atomic E-state index is -1.37. The van der Waals surface area contributed by atoms with Crippen LogP contribution in [0.2, 0.25) is 0 Å². The number of hydrogen-bond acceptors (Lipinski definition) is 5. The average molecular weight is 318 g/mol. The van der Waals surface area contributed by atoms with Crippen molar-refractivity contribution in [2.75, 3.05) is 19.8 Å². The Hall–Kier alpha value is -2.55. The number of ketones is 1. The lowest BCUT2D eigenvalue weighted by atomic mass is 9.97. The maximum atomic E-state index is 12.4. The van der Waals surface area contributed by atoms with E-state index in [1.165, 1.54) is 12.1 Å². The predicted molar refractivity (Wildman–Crippen MR) is 85.5 cm³/mol. The van der Waals surface area contributed by atoms with Crippen LogP contribution in [-0.4, -0.2) is 31.4 Å². The molecule has 0 heterocycles. The molecule has 0 bridgehead atoms. The number of ether oxygens (including phenoxy) is 2. The fourth-order valence-electron chi connectivity index (χ4n) is 1.96. The van der Waals surface area contributed by atoms with E-state index in [-0.39, 0.29) is 5.56 Å². The van der Waals surface area contributed by atoms with Gasteiger partial charge < -0.3 is 14.8 Å². The van der Waals surface area contributed by atoms with Crippen molar-refractivity contribution in [3.05, 3.63) is 23.8 Å². The van der Waals surface area contributed by atoms with E-state index in [4.69, 9.17) is 14.7 Å². The summed E-state index contributed by atoms with van der Waals surface area (Å²) in [7, 11) is 0. The lowest BCUT2D eigenvalue weighted by molar-refractivity contribution is -0.122. The number of rotatable bonds is 9. The second-order valence-electron chi connectivity index (χ2n) is 4.74. The molecular formula is C17H22N2O4. The highest BCUT2D eigenvalue weighted by Gasteiger charge is 2.28. The highest BCUT2D eigenvalue weighted by atomic mass is 16.5. The summed E-state index contributed by atoms with van der Waals surface area (Å²) in [4.78, 5) is 24.3. The molecular weight excluding hydrogens is 296 g/mol. The maximum Gasteiger partial charge on any atom is 0.245 e. The standard InChI is InChI=1S/C17H22N2O4/c1-4-9-19-17(21)13(11-18)16(20)12-7-8-14(22-5-2)15(10-12)23-6-3/h7-8,10,13H,4-6,9H2,1-3H3,(H,19,21). The van der Waals surface area contributed by atoms with E-state index in [1.807, 2.05) is 20.8 Å². The quantitative estimate of drug-likeness (QED) is 0.557. The minimum absolute atomic E-state index is 0.245. The molecule has 1 aromatic rings. The summed E-state index contributed by atoms with van der Waals surface area (Å²) in [5.41, 5.74) is 0.245. The largest absolute Gasteiger partial charge is 0.490 e. The normalized spacial score (nSPS) is 11.2. The molecule has 0 aliphatic rings. The predicted octanol–water partition coefficient (Wildman–Crippen LogP) is 2.33. The fourth-order valence-corrected chi connectivity index (χ4v) is 1.96. The zero-order valence-electron chi connectivity index (χ0n) is 13.7. The summed E-state index contributed by atoms with van der Waals surface area (Å²) in [6.07, 6.45) is 0.732. The third-order valence-corrected chi connectivity index (χ3v) is 3.03. The lowest BCUT2D eigenvalue weighted by Crippen LogP contribution is -2.35. The molecule has 1 rings (SSSR count). The average Bonchev–Trinajstić information content (AvgIpc) is 2.55. The van der Waals surface area contributed by atoms with Crippen LogP contribution in [0.3, 0.4) is 0 Å². The molecule has 1 N–H and O–H groups in total. The van der Waals surface area contributed by atoms with Gasteiger partial charge in [-0.3, -0.25) is 9.59 Å². The van der Waals surface area contributed by atoms with E-state index in [0.29, 0.717) is 31.3 Å². The summed E-state index contributed by atoms with van der Waals surface area (Å²) >= 11 is 0. The summed E-state index contributed by atoms with van der Waals surface area (Å²) in [5, 5.41) is 11.7. The molecule has 0 aromatic heterocycles. The summed E-state index contributed by atoms with van der Waals surface area (Å²) < 4.78 is 10.9. The molecule has 0 fully saturated rings. The molecule has 1 atom stereocenters. The van der Waals surface area contributed by atoms with Crippen LogP contribution < -0.4 is 14.8 Å². The van der Waals surface area contributed by atoms with Crippen LogP contribution in [-0.2, 0) is 4.79 Å². The van der Waals surface area contributed by atoms with E-state index in [1.54, 1.807) is 12.1 Å². The van der Waals surface area contributed by atoms with Gasteiger partial charge in [0.1, 0.15) is 0 Å². The van der Waals surface area contributed by atoms with Crippen LogP contribution in [0.25, 0.3) is 0 Å². The number of nitrogens with one attached hydrogen (secondary N) is 1. The number of Topliss-reactive ketones (excluding diaryl/α,β-unsaturated/α-hetero) is 1. The maximum absolute atomic E-state index is 12.4. The van der Waals surface area contributed by atoms with Crippen LogP contribution in [0.15, 0.2) is 18.2 Å². The fraction of sp³-hybridized carbons (Fsp3) is 0.471. The second kappa shape index (κ2) is 9.46. The van der Waals surface area contributed by atoms with Crippen LogP contribution in [0.4, 0.5) is 0 Å². The molecule has 0 spiro atoms. The van der Waals surface area contributed by atoms with Gasteiger partial charge in [0.25, 0.3) is 0 Å². The first-order valence-corrected chi connectivity index (χ1v) is 7.70. The van der Waals surface area contributed by atoms with Gasteiger partial charge in [0, 0.05) is 12.1 Å². The van der Waals surface area contributed by atoms with Gasteiger partial charge in [-0.05, 0) is 38.5 Å². The Morgan fingerprint density at radius 2 is 1.83 bits per heavy atom. The number of carbonyl (C=O) groups is 2. The molecule has 0 radical (unpaired) electrons. The Morgan fingerprint density at radius 1 is 1.17 bits per heavy atom. The molecule has 0 saturated carbocycles. The van der Waals surface area contributed by atoms with Crippen molar-refractivity contribution in [3.8, 4) is 17.6 Å². The smallest absolute Gasteiger partial charge is 0.245 e. The van der Waals surface area contributed by atoms with Gasteiger partial charge in [-0.1, -0.05) is 6.92 Å². The van der Waals surface area contributed by atoms with Gasteiger partial charge in [0.05, 0.1) is 19.3 Å². The van der Waals surface area contributed by atoms with Crippen LogP contribution >= 0.6 is 0 Å². The minimum Gasteiger partial charge on any atom is -0.490 e. The number of amides is 1. The first-order chi connectivity index (χ1) is 11.1. The number of nitrogens with zero attached hydrogens (tertiary/aromatic N) is 1. The lowest BCUT2D eigenvalue weighted by Gasteiger charge is -2.13. The molecule has 0 saturated heterocycles. The van der Waals surface area contributed by atoms with E-state index >= 15 is 0 Å². The molecule has 1 unspecified atom stereocenters. The Bertz CT molecular complexity index is 593. The first-order valence-electron chi connectivity index (χ1n) is 7.70. The van der Waals surface area contributed by atoms with E-state index in [2.05, 4.69) is 5.32 Å². The van der Waals surface area contributed by atoms with Gasteiger partial charge in [-0.25, -0.2) is 0 Å². The molecule has 0 aliphatic heterocycles. The van der Waals surface area contributed by atoms with Crippen molar-refractivity contribution in [1.29, 1.82) is 5.26 Å². The number of carbonyl (C=O) groups excluding carboxylic acids is 2. The third-order valence-electron chi connectivity index (χ3n) is 3.03. The van der Waals surface area contributed by atoms with Gasteiger partial charge in [-0.2, -0.15) is 5.26 Å². The number of benzene rings is 1. The molecule has 1 amide bonds. The molecule has 6 nitrogen and oxygen atoms in total. The van der Waals surface area contributed by atoms with Crippen molar-refractivity contribution < 1.29 is 19.1 Å². The van der Waals surface area contributed by atoms with Crippen molar-refractivity contribution in [3.63, 3.8) is 0 Å². The first kappa shape index (κ1) is 18.5. The van der Waals surface area contributed by atoms with Gasteiger partial charge >= 0.3 is 0 Å². The molecule has 23 heavy (non-hydrogen) atoms. The molecule has 6 heteroatoms. The zero-order valence-corrected chi connectivity index (χ0v) is 13.7. The van der Waals surface area contributed by atoms with Crippen molar-refractivity contribution >= 4 is 11.7 Å². The molecule has 1 aromatic carbocycles.